The molecular formula is C13H16ClN3O. The van der Waals surface area contributed by atoms with Crippen LogP contribution in [0.4, 0.5) is 0 Å². The van der Waals surface area contributed by atoms with Crippen molar-refractivity contribution in [2.45, 2.75) is 19.4 Å². The summed E-state index contributed by atoms with van der Waals surface area (Å²) in [5.41, 5.74) is 1.71. The Balaban J connectivity index is 1.95. The minimum absolute atomic E-state index is 0.0437. The summed E-state index contributed by atoms with van der Waals surface area (Å²) in [7, 11) is 0. The molecule has 1 unspecified atom stereocenters. The average Bonchev–Trinajstić information content (AvgIpc) is 2.66. The second-order valence-corrected chi connectivity index (χ2v) is 5.35. The van der Waals surface area contributed by atoms with Crippen LogP contribution in [0.5, 0.6) is 0 Å². The fourth-order valence-corrected chi connectivity index (χ4v) is 2.83. The molecule has 18 heavy (non-hydrogen) atoms. The predicted molar refractivity (Wildman–Crippen MR) is 73.2 cm³/mol. The number of hydrogen-bond donors (Lipinski definition) is 2. The Labute approximate surface area is 110 Å². The quantitative estimate of drug-likeness (QED) is 0.872. The first kappa shape index (κ1) is 11.8. The van der Waals surface area contributed by atoms with E-state index in [1.807, 2.05) is 16.7 Å². The molecule has 1 aliphatic rings. The van der Waals surface area contributed by atoms with Crippen molar-refractivity contribution in [1.29, 1.82) is 0 Å². The van der Waals surface area contributed by atoms with Crippen molar-refractivity contribution in [2.75, 3.05) is 13.1 Å². The van der Waals surface area contributed by atoms with E-state index >= 15 is 0 Å². The third-order valence-electron chi connectivity index (χ3n) is 3.58. The van der Waals surface area contributed by atoms with Gasteiger partial charge in [-0.1, -0.05) is 11.6 Å². The highest BCUT2D eigenvalue weighted by Crippen LogP contribution is 2.19. The van der Waals surface area contributed by atoms with E-state index in [0.29, 0.717) is 10.9 Å². The summed E-state index contributed by atoms with van der Waals surface area (Å²) in [6.07, 6.45) is 2.37. The summed E-state index contributed by atoms with van der Waals surface area (Å²) in [6.45, 7) is 2.86. The molecule has 0 aliphatic carbocycles. The number of rotatable bonds is 2. The third-order valence-corrected chi connectivity index (χ3v) is 3.81. The zero-order valence-corrected chi connectivity index (χ0v) is 10.8. The molecule has 0 saturated carbocycles. The van der Waals surface area contributed by atoms with Crippen LogP contribution in [0, 0.1) is 5.92 Å². The number of imidazole rings is 1. The van der Waals surface area contributed by atoms with Gasteiger partial charge in [-0.15, -0.1) is 0 Å². The van der Waals surface area contributed by atoms with Crippen molar-refractivity contribution in [3.63, 3.8) is 0 Å². The smallest absolute Gasteiger partial charge is 0.316 e. The molecule has 1 aromatic carbocycles. The second kappa shape index (κ2) is 4.78. The van der Waals surface area contributed by atoms with Gasteiger partial charge in [-0.25, -0.2) is 4.79 Å². The molecule has 1 aromatic heterocycles. The van der Waals surface area contributed by atoms with Crippen molar-refractivity contribution in [3.8, 4) is 0 Å². The van der Waals surface area contributed by atoms with E-state index < -0.39 is 0 Å². The number of hydrogen-bond acceptors (Lipinski definition) is 2. The number of H-pyrrole nitrogens is 1. The van der Waals surface area contributed by atoms with Crippen LogP contribution in [-0.4, -0.2) is 22.6 Å². The molecule has 4 nitrogen and oxygen atoms in total. The summed E-state index contributed by atoms with van der Waals surface area (Å²) in [4.78, 5) is 14.8. The number of nitrogens with zero attached hydrogens (tertiary/aromatic N) is 1. The van der Waals surface area contributed by atoms with Gasteiger partial charge >= 0.3 is 5.69 Å². The molecule has 1 aliphatic heterocycles. The number of halogens is 1. The maximum Gasteiger partial charge on any atom is 0.326 e. The van der Waals surface area contributed by atoms with Gasteiger partial charge in [0.25, 0.3) is 0 Å². The normalized spacial score (nSPS) is 20.4. The van der Waals surface area contributed by atoms with Crippen LogP contribution in [0.3, 0.4) is 0 Å². The van der Waals surface area contributed by atoms with Crippen LogP contribution in [0.15, 0.2) is 23.0 Å². The largest absolute Gasteiger partial charge is 0.326 e. The molecule has 0 amide bonds. The van der Waals surface area contributed by atoms with E-state index in [1.54, 1.807) is 6.07 Å². The Morgan fingerprint density at radius 3 is 3.11 bits per heavy atom. The monoisotopic (exact) mass is 265 g/mol. The summed E-state index contributed by atoms with van der Waals surface area (Å²) in [5.74, 6) is 0.533. The van der Waals surface area contributed by atoms with Crippen LogP contribution in [0.2, 0.25) is 5.02 Å². The van der Waals surface area contributed by atoms with E-state index in [9.17, 15) is 4.79 Å². The van der Waals surface area contributed by atoms with E-state index in [1.165, 1.54) is 12.8 Å². The van der Waals surface area contributed by atoms with Crippen molar-refractivity contribution < 1.29 is 0 Å². The van der Waals surface area contributed by atoms with Crippen molar-refractivity contribution in [1.82, 2.24) is 14.9 Å². The van der Waals surface area contributed by atoms with Crippen molar-refractivity contribution >= 4 is 22.6 Å². The fourth-order valence-electron chi connectivity index (χ4n) is 2.66. The van der Waals surface area contributed by atoms with Gasteiger partial charge in [0.05, 0.1) is 11.0 Å². The number of benzene rings is 1. The fraction of sp³-hybridized carbons (Fsp3) is 0.462. The van der Waals surface area contributed by atoms with Gasteiger partial charge in [-0.05, 0) is 50.0 Å². The van der Waals surface area contributed by atoms with Gasteiger partial charge < -0.3 is 10.3 Å². The van der Waals surface area contributed by atoms with Crippen molar-refractivity contribution in [2.24, 2.45) is 5.92 Å². The molecular weight excluding hydrogens is 250 g/mol. The first-order valence-electron chi connectivity index (χ1n) is 6.33. The van der Waals surface area contributed by atoms with Crippen LogP contribution >= 0.6 is 11.6 Å². The molecule has 5 heteroatoms. The lowest BCUT2D eigenvalue weighted by Crippen LogP contribution is -2.34. The summed E-state index contributed by atoms with van der Waals surface area (Å²) < 4.78 is 1.82. The Bertz CT molecular complexity index is 610. The van der Waals surface area contributed by atoms with Gasteiger partial charge in [0, 0.05) is 11.6 Å². The van der Waals surface area contributed by atoms with Crippen LogP contribution < -0.4 is 11.0 Å². The van der Waals surface area contributed by atoms with Gasteiger partial charge in [0.2, 0.25) is 0 Å². The highest BCUT2D eigenvalue weighted by molar-refractivity contribution is 6.31. The molecule has 1 fully saturated rings. The number of fused-ring (bicyclic) bond motifs is 1. The Hall–Kier alpha value is -1.26. The predicted octanol–water partition coefficient (Wildman–Crippen LogP) is 1.98. The Kier molecular flexibility index (Phi) is 3.14. The van der Waals surface area contributed by atoms with Gasteiger partial charge in [-0.2, -0.15) is 0 Å². The Morgan fingerprint density at radius 2 is 2.33 bits per heavy atom. The van der Waals surface area contributed by atoms with E-state index in [-0.39, 0.29) is 5.69 Å². The van der Waals surface area contributed by atoms with E-state index in [0.717, 1.165) is 30.7 Å². The molecule has 96 valence electrons. The third kappa shape index (κ3) is 2.18. The first-order valence-corrected chi connectivity index (χ1v) is 6.70. The minimum Gasteiger partial charge on any atom is -0.316 e. The highest BCUT2D eigenvalue weighted by atomic mass is 35.5. The number of piperidine rings is 1. The lowest BCUT2D eigenvalue weighted by molar-refractivity contribution is 0.337. The van der Waals surface area contributed by atoms with Crippen LogP contribution in [0.25, 0.3) is 11.0 Å². The number of aromatic amines is 1. The Morgan fingerprint density at radius 1 is 1.44 bits per heavy atom. The standard InChI is InChI=1S/C13H16ClN3O/c14-10-3-4-12-11(6-10)16-13(18)17(12)8-9-2-1-5-15-7-9/h3-4,6,9,15H,1-2,5,7-8H2,(H,16,18). The first-order chi connectivity index (χ1) is 8.74. The molecule has 0 bridgehead atoms. The lowest BCUT2D eigenvalue weighted by atomic mass is 10.00. The highest BCUT2D eigenvalue weighted by Gasteiger charge is 2.16. The summed E-state index contributed by atoms with van der Waals surface area (Å²) in [6, 6.07) is 5.53. The number of nitrogens with one attached hydrogen (secondary N) is 2. The maximum absolute atomic E-state index is 12.0. The molecule has 2 aromatic rings. The van der Waals surface area contributed by atoms with Crippen LogP contribution in [-0.2, 0) is 6.54 Å². The van der Waals surface area contributed by atoms with Gasteiger partial charge in [0.15, 0.2) is 0 Å². The van der Waals surface area contributed by atoms with Gasteiger partial charge in [0.1, 0.15) is 0 Å². The molecule has 1 atom stereocenters. The lowest BCUT2D eigenvalue weighted by Gasteiger charge is -2.22. The molecule has 0 spiro atoms. The second-order valence-electron chi connectivity index (χ2n) is 4.91. The van der Waals surface area contributed by atoms with E-state index in [4.69, 9.17) is 11.6 Å². The average molecular weight is 266 g/mol. The zero-order chi connectivity index (χ0) is 12.5. The molecule has 0 radical (unpaired) electrons. The molecule has 3 rings (SSSR count). The molecule has 2 heterocycles. The van der Waals surface area contributed by atoms with Crippen LogP contribution in [0.1, 0.15) is 12.8 Å². The number of aromatic nitrogens is 2. The molecule has 1 saturated heterocycles. The minimum atomic E-state index is -0.0437. The van der Waals surface area contributed by atoms with E-state index in [2.05, 4.69) is 10.3 Å². The SMILES string of the molecule is O=c1[nH]c2cc(Cl)ccc2n1CC1CCCNC1. The molecule has 2 N–H and O–H groups in total. The maximum atomic E-state index is 12.0. The topological polar surface area (TPSA) is 49.8 Å². The summed E-state index contributed by atoms with van der Waals surface area (Å²) >= 11 is 5.93. The van der Waals surface area contributed by atoms with Gasteiger partial charge in [-0.3, -0.25) is 4.57 Å². The van der Waals surface area contributed by atoms with Crippen molar-refractivity contribution in [3.05, 3.63) is 33.7 Å². The summed E-state index contributed by atoms with van der Waals surface area (Å²) in [5, 5.41) is 4.03. The zero-order valence-electron chi connectivity index (χ0n) is 10.1.